The monoisotopic (exact) mass is 248 g/mol. The van der Waals surface area contributed by atoms with E-state index in [-0.39, 0.29) is 35.9 Å². The molecule has 1 amide bonds. The first-order valence-corrected chi connectivity index (χ1v) is 5.68. The number of aliphatic hydroxyl groups is 1. The van der Waals surface area contributed by atoms with Gasteiger partial charge in [-0.15, -0.1) is 12.4 Å². The SMILES string of the molecule is CC1(C)CCN(C(=O)[C@H]2C[C@@H](O)CN2)C1.Cl. The molecule has 0 radical (unpaired) electrons. The van der Waals surface area contributed by atoms with E-state index in [1.807, 2.05) is 4.90 Å². The summed E-state index contributed by atoms with van der Waals surface area (Å²) in [6.07, 6.45) is 1.29. The van der Waals surface area contributed by atoms with Gasteiger partial charge in [-0.3, -0.25) is 4.79 Å². The highest BCUT2D eigenvalue weighted by Gasteiger charge is 2.37. The molecule has 16 heavy (non-hydrogen) atoms. The summed E-state index contributed by atoms with van der Waals surface area (Å²) in [6.45, 7) is 6.64. The van der Waals surface area contributed by atoms with Crippen LogP contribution in [-0.2, 0) is 4.79 Å². The van der Waals surface area contributed by atoms with E-state index in [1.165, 1.54) is 0 Å². The molecule has 2 aliphatic rings. The second kappa shape index (κ2) is 4.90. The Morgan fingerprint density at radius 1 is 1.50 bits per heavy atom. The summed E-state index contributed by atoms with van der Waals surface area (Å²) in [7, 11) is 0. The van der Waals surface area contributed by atoms with E-state index in [0.717, 1.165) is 19.5 Å². The molecule has 94 valence electrons. The van der Waals surface area contributed by atoms with Gasteiger partial charge in [0.2, 0.25) is 5.91 Å². The van der Waals surface area contributed by atoms with E-state index in [4.69, 9.17) is 0 Å². The highest BCUT2D eigenvalue weighted by atomic mass is 35.5. The van der Waals surface area contributed by atoms with E-state index >= 15 is 0 Å². The molecule has 0 saturated carbocycles. The van der Waals surface area contributed by atoms with Crippen LogP contribution in [0.3, 0.4) is 0 Å². The molecule has 0 aromatic heterocycles. The van der Waals surface area contributed by atoms with Crippen LogP contribution in [-0.4, -0.2) is 47.7 Å². The summed E-state index contributed by atoms with van der Waals surface area (Å²) in [5.74, 6) is 0.164. The Bertz CT molecular complexity index is 271. The molecule has 2 atom stereocenters. The zero-order chi connectivity index (χ0) is 11.1. The van der Waals surface area contributed by atoms with Crippen molar-refractivity contribution in [3.8, 4) is 0 Å². The molecule has 0 spiro atoms. The lowest BCUT2D eigenvalue weighted by atomic mass is 9.93. The largest absolute Gasteiger partial charge is 0.392 e. The fraction of sp³-hybridized carbons (Fsp3) is 0.909. The van der Waals surface area contributed by atoms with Crippen molar-refractivity contribution in [1.29, 1.82) is 0 Å². The predicted molar refractivity (Wildman–Crippen MR) is 64.6 cm³/mol. The number of β-amino-alcohol motifs (C(OH)–C–C–N with tert-alkyl or cyclic N) is 1. The molecule has 0 unspecified atom stereocenters. The average molecular weight is 249 g/mol. The van der Waals surface area contributed by atoms with Crippen molar-refractivity contribution in [1.82, 2.24) is 10.2 Å². The van der Waals surface area contributed by atoms with E-state index in [0.29, 0.717) is 13.0 Å². The van der Waals surface area contributed by atoms with Crippen molar-refractivity contribution in [2.75, 3.05) is 19.6 Å². The summed E-state index contributed by atoms with van der Waals surface area (Å²) < 4.78 is 0. The van der Waals surface area contributed by atoms with Gasteiger partial charge in [0.1, 0.15) is 0 Å². The highest BCUT2D eigenvalue weighted by Crippen LogP contribution is 2.29. The Morgan fingerprint density at radius 2 is 2.19 bits per heavy atom. The Labute approximate surface area is 103 Å². The lowest BCUT2D eigenvalue weighted by molar-refractivity contribution is -0.132. The number of carbonyl (C=O) groups excluding carboxylic acids is 1. The van der Waals surface area contributed by atoms with E-state index < -0.39 is 0 Å². The minimum atomic E-state index is -0.352. The van der Waals surface area contributed by atoms with Crippen molar-refractivity contribution in [2.24, 2.45) is 5.41 Å². The maximum atomic E-state index is 12.0. The molecule has 2 heterocycles. The molecule has 0 aliphatic carbocycles. The van der Waals surface area contributed by atoms with Crippen LogP contribution in [0.2, 0.25) is 0 Å². The molecule has 0 aromatic carbocycles. The zero-order valence-corrected chi connectivity index (χ0v) is 10.7. The number of hydrogen-bond donors (Lipinski definition) is 2. The maximum absolute atomic E-state index is 12.0. The van der Waals surface area contributed by atoms with Gasteiger partial charge in [-0.25, -0.2) is 0 Å². The van der Waals surface area contributed by atoms with Gasteiger partial charge in [-0.2, -0.15) is 0 Å². The van der Waals surface area contributed by atoms with E-state index in [1.54, 1.807) is 0 Å². The van der Waals surface area contributed by atoms with Gasteiger partial charge in [-0.1, -0.05) is 13.8 Å². The topological polar surface area (TPSA) is 52.6 Å². The molecular weight excluding hydrogens is 228 g/mol. The first-order chi connectivity index (χ1) is 6.98. The second-order valence-electron chi connectivity index (χ2n) is 5.52. The maximum Gasteiger partial charge on any atom is 0.239 e. The first kappa shape index (κ1) is 13.7. The Morgan fingerprint density at radius 3 is 2.62 bits per heavy atom. The number of aliphatic hydroxyl groups excluding tert-OH is 1. The standard InChI is InChI=1S/C11H20N2O2.ClH/c1-11(2)3-4-13(7-11)10(15)9-5-8(14)6-12-9;/h8-9,12,14H,3-7H2,1-2H3;1H/t8-,9-;/m1./s1. The fourth-order valence-corrected chi connectivity index (χ4v) is 2.43. The molecule has 4 nitrogen and oxygen atoms in total. The lowest BCUT2D eigenvalue weighted by Gasteiger charge is -2.22. The third-order valence-corrected chi connectivity index (χ3v) is 3.39. The molecule has 2 aliphatic heterocycles. The molecular formula is C11H21ClN2O2. The molecule has 0 bridgehead atoms. The fourth-order valence-electron chi connectivity index (χ4n) is 2.43. The minimum Gasteiger partial charge on any atom is -0.392 e. The number of halogens is 1. The van der Waals surface area contributed by atoms with E-state index in [2.05, 4.69) is 19.2 Å². The smallest absolute Gasteiger partial charge is 0.239 e. The Hall–Kier alpha value is -0.320. The summed E-state index contributed by atoms with van der Waals surface area (Å²) in [5.41, 5.74) is 0.257. The quantitative estimate of drug-likeness (QED) is 0.706. The number of carbonyl (C=O) groups is 1. The normalized spacial score (nSPS) is 32.6. The van der Waals surface area contributed by atoms with E-state index in [9.17, 15) is 9.90 Å². The first-order valence-electron chi connectivity index (χ1n) is 5.68. The van der Waals surface area contributed by atoms with Crippen LogP contribution in [0.25, 0.3) is 0 Å². The van der Waals surface area contributed by atoms with Crippen LogP contribution in [0, 0.1) is 5.41 Å². The Kier molecular flexibility index (Phi) is 4.21. The molecule has 5 heteroatoms. The van der Waals surface area contributed by atoms with Gasteiger partial charge >= 0.3 is 0 Å². The molecule has 0 aromatic rings. The third-order valence-electron chi connectivity index (χ3n) is 3.39. The average Bonchev–Trinajstić information content (AvgIpc) is 2.71. The summed E-state index contributed by atoms with van der Waals surface area (Å²) in [4.78, 5) is 14.0. The number of nitrogens with zero attached hydrogens (tertiary/aromatic N) is 1. The van der Waals surface area contributed by atoms with Gasteiger partial charge in [0.15, 0.2) is 0 Å². The number of rotatable bonds is 1. The minimum absolute atomic E-state index is 0. The van der Waals surface area contributed by atoms with Crippen LogP contribution in [0.5, 0.6) is 0 Å². The molecule has 2 rings (SSSR count). The van der Waals surface area contributed by atoms with Crippen LogP contribution in [0.4, 0.5) is 0 Å². The van der Waals surface area contributed by atoms with Crippen molar-refractivity contribution in [3.63, 3.8) is 0 Å². The van der Waals surface area contributed by atoms with Gasteiger partial charge in [0, 0.05) is 19.6 Å². The number of amides is 1. The number of hydrogen-bond acceptors (Lipinski definition) is 3. The lowest BCUT2D eigenvalue weighted by Crippen LogP contribution is -2.42. The van der Waals surface area contributed by atoms with Gasteiger partial charge < -0.3 is 15.3 Å². The highest BCUT2D eigenvalue weighted by molar-refractivity contribution is 5.85. The second-order valence-corrected chi connectivity index (χ2v) is 5.52. The Balaban J connectivity index is 0.00000128. The molecule has 2 saturated heterocycles. The number of likely N-dealkylation sites (tertiary alicyclic amines) is 1. The zero-order valence-electron chi connectivity index (χ0n) is 9.90. The number of nitrogens with one attached hydrogen (secondary N) is 1. The van der Waals surface area contributed by atoms with Gasteiger partial charge in [0.05, 0.1) is 12.1 Å². The summed E-state index contributed by atoms with van der Waals surface area (Å²) in [6, 6.07) is -0.158. The molecule has 2 N–H and O–H groups in total. The van der Waals surface area contributed by atoms with Crippen LogP contribution >= 0.6 is 12.4 Å². The van der Waals surface area contributed by atoms with Crippen molar-refractivity contribution in [3.05, 3.63) is 0 Å². The third kappa shape index (κ3) is 2.87. The summed E-state index contributed by atoms with van der Waals surface area (Å²) >= 11 is 0. The predicted octanol–water partition coefficient (Wildman–Crippen LogP) is 0.389. The van der Waals surface area contributed by atoms with Gasteiger partial charge in [-0.05, 0) is 18.3 Å². The summed E-state index contributed by atoms with van der Waals surface area (Å²) in [5, 5.41) is 12.4. The van der Waals surface area contributed by atoms with Crippen LogP contribution in [0.15, 0.2) is 0 Å². The van der Waals surface area contributed by atoms with Crippen molar-refractivity contribution in [2.45, 2.75) is 38.8 Å². The van der Waals surface area contributed by atoms with Crippen LogP contribution in [0.1, 0.15) is 26.7 Å². The van der Waals surface area contributed by atoms with Crippen LogP contribution < -0.4 is 5.32 Å². The van der Waals surface area contributed by atoms with Gasteiger partial charge in [0.25, 0.3) is 0 Å². The van der Waals surface area contributed by atoms with Crippen molar-refractivity contribution >= 4 is 18.3 Å². The van der Waals surface area contributed by atoms with Crippen molar-refractivity contribution < 1.29 is 9.90 Å². The molecule has 2 fully saturated rings.